The number of rotatable bonds is 6. The quantitative estimate of drug-likeness (QED) is 0.687. The Hall–Kier alpha value is -3.39. The molecule has 0 bridgehead atoms. The molecule has 1 atom stereocenters. The monoisotopic (exact) mass is 444 g/mol. The van der Waals surface area contributed by atoms with E-state index in [1.165, 1.54) is 12.0 Å². The normalized spacial score (nSPS) is 15.5. The maximum Gasteiger partial charge on any atom is 0.337 e. The summed E-state index contributed by atoms with van der Waals surface area (Å²) < 4.78 is 9.73. The summed E-state index contributed by atoms with van der Waals surface area (Å²) in [5, 5.41) is 3.12. The molecule has 2 amide bonds. The van der Waals surface area contributed by atoms with Crippen LogP contribution in [0.3, 0.4) is 0 Å². The van der Waals surface area contributed by atoms with E-state index in [0.29, 0.717) is 22.0 Å². The fourth-order valence-corrected chi connectivity index (χ4v) is 3.31. The number of nitrogens with one attached hydrogen (secondary N) is 1. The van der Waals surface area contributed by atoms with Gasteiger partial charge in [0.2, 0.25) is 5.91 Å². The van der Waals surface area contributed by atoms with Gasteiger partial charge in [0.05, 0.1) is 18.6 Å². The number of benzene rings is 2. The van der Waals surface area contributed by atoms with Gasteiger partial charge in [0.15, 0.2) is 6.61 Å². The second kappa shape index (κ2) is 9.61. The third-order valence-corrected chi connectivity index (χ3v) is 5.27. The van der Waals surface area contributed by atoms with Gasteiger partial charge >= 0.3 is 11.9 Å². The molecule has 0 aromatic heterocycles. The number of aryl methyl sites for hydroxylation is 1. The molecule has 2 aromatic rings. The lowest BCUT2D eigenvalue weighted by Crippen LogP contribution is -2.28. The lowest BCUT2D eigenvalue weighted by molar-refractivity contribution is -0.151. The molecule has 162 valence electrons. The molecule has 0 saturated carbocycles. The maximum atomic E-state index is 12.3. The number of carbonyl (C=O) groups excluding carboxylic acids is 4. The van der Waals surface area contributed by atoms with Crippen molar-refractivity contribution in [1.29, 1.82) is 0 Å². The van der Waals surface area contributed by atoms with Crippen LogP contribution in [0.25, 0.3) is 0 Å². The summed E-state index contributed by atoms with van der Waals surface area (Å²) >= 11 is 6.02. The fraction of sp³-hybridized carbons (Fsp3) is 0.273. The topological polar surface area (TPSA) is 102 Å². The van der Waals surface area contributed by atoms with E-state index in [2.05, 4.69) is 10.1 Å². The summed E-state index contributed by atoms with van der Waals surface area (Å²) in [6.07, 6.45) is -0.0211. The van der Waals surface area contributed by atoms with Gasteiger partial charge in [0.1, 0.15) is 0 Å². The summed E-state index contributed by atoms with van der Waals surface area (Å²) in [6, 6.07) is 11.4. The van der Waals surface area contributed by atoms with Crippen LogP contribution in [0.5, 0.6) is 0 Å². The highest BCUT2D eigenvalue weighted by atomic mass is 35.5. The van der Waals surface area contributed by atoms with Crippen LogP contribution in [-0.2, 0) is 23.9 Å². The molecule has 1 aliphatic heterocycles. The van der Waals surface area contributed by atoms with Gasteiger partial charge in [-0.05, 0) is 48.9 Å². The van der Waals surface area contributed by atoms with Gasteiger partial charge in [0, 0.05) is 29.4 Å². The molecule has 1 saturated heterocycles. The van der Waals surface area contributed by atoms with Gasteiger partial charge < -0.3 is 19.7 Å². The van der Waals surface area contributed by atoms with Crippen molar-refractivity contribution < 1.29 is 28.7 Å². The molecular weight excluding hydrogens is 424 g/mol. The molecule has 0 radical (unpaired) electrons. The Labute approximate surface area is 184 Å². The van der Waals surface area contributed by atoms with Crippen LogP contribution in [0, 0.1) is 12.8 Å². The Kier molecular flexibility index (Phi) is 6.91. The van der Waals surface area contributed by atoms with Crippen molar-refractivity contribution in [2.24, 2.45) is 5.92 Å². The van der Waals surface area contributed by atoms with Gasteiger partial charge in [0.25, 0.3) is 5.91 Å². The van der Waals surface area contributed by atoms with E-state index in [1.54, 1.807) is 42.5 Å². The number of anilines is 2. The number of ether oxygens (including phenoxy) is 2. The zero-order valence-electron chi connectivity index (χ0n) is 17.0. The summed E-state index contributed by atoms with van der Waals surface area (Å²) in [5.74, 6) is -2.54. The molecule has 31 heavy (non-hydrogen) atoms. The van der Waals surface area contributed by atoms with Crippen molar-refractivity contribution in [3.8, 4) is 0 Å². The van der Waals surface area contributed by atoms with E-state index in [9.17, 15) is 19.2 Å². The number of esters is 2. The molecule has 1 fully saturated rings. The second-order valence-corrected chi connectivity index (χ2v) is 7.47. The van der Waals surface area contributed by atoms with Crippen LogP contribution in [0.1, 0.15) is 22.3 Å². The number of methoxy groups -OCH3 is 1. The zero-order chi connectivity index (χ0) is 22.5. The number of carbonyl (C=O) groups is 4. The van der Waals surface area contributed by atoms with Crippen LogP contribution in [0.15, 0.2) is 42.5 Å². The maximum absolute atomic E-state index is 12.3. The number of amides is 2. The number of hydrogen-bond acceptors (Lipinski definition) is 6. The lowest BCUT2D eigenvalue weighted by atomic mass is 10.1. The molecular formula is C22H21ClN2O6. The SMILES string of the molecule is COC(=O)c1ccc(N2C[C@@H](C(=O)OCC(=O)Nc3ccc(C)c(Cl)c3)CC2=O)cc1. The molecule has 3 rings (SSSR count). The minimum absolute atomic E-state index is 0.0211. The Morgan fingerprint density at radius 3 is 2.52 bits per heavy atom. The lowest BCUT2D eigenvalue weighted by Gasteiger charge is -2.16. The van der Waals surface area contributed by atoms with E-state index in [4.69, 9.17) is 16.3 Å². The molecule has 2 aromatic carbocycles. The van der Waals surface area contributed by atoms with Gasteiger partial charge in [-0.3, -0.25) is 14.4 Å². The van der Waals surface area contributed by atoms with Gasteiger partial charge in [-0.2, -0.15) is 0 Å². The first kappa shape index (κ1) is 22.3. The molecule has 9 heteroatoms. The van der Waals surface area contributed by atoms with Crippen molar-refractivity contribution >= 4 is 46.7 Å². The summed E-state index contributed by atoms with van der Waals surface area (Å²) in [6.45, 7) is 1.50. The summed E-state index contributed by atoms with van der Waals surface area (Å²) in [7, 11) is 1.28. The molecule has 1 aliphatic rings. The van der Waals surface area contributed by atoms with Crippen molar-refractivity contribution in [3.05, 3.63) is 58.6 Å². The third kappa shape index (κ3) is 5.40. The average Bonchev–Trinajstić information content (AvgIpc) is 3.16. The molecule has 0 aliphatic carbocycles. The minimum Gasteiger partial charge on any atom is -0.465 e. The number of halogens is 1. The van der Waals surface area contributed by atoms with Gasteiger partial charge in [-0.25, -0.2) is 4.79 Å². The highest BCUT2D eigenvalue weighted by Gasteiger charge is 2.36. The number of hydrogen-bond donors (Lipinski definition) is 1. The molecule has 1 N–H and O–H groups in total. The Balaban J connectivity index is 1.53. The van der Waals surface area contributed by atoms with Gasteiger partial charge in [-0.15, -0.1) is 0 Å². The van der Waals surface area contributed by atoms with Crippen LogP contribution >= 0.6 is 11.6 Å². The van der Waals surface area contributed by atoms with Crippen molar-refractivity contribution in [2.75, 3.05) is 30.5 Å². The summed E-state index contributed by atoms with van der Waals surface area (Å²) in [4.78, 5) is 49.7. The average molecular weight is 445 g/mol. The van der Waals surface area contributed by atoms with E-state index in [0.717, 1.165) is 5.56 Å². The first-order chi connectivity index (χ1) is 14.8. The fourth-order valence-electron chi connectivity index (χ4n) is 3.13. The third-order valence-electron chi connectivity index (χ3n) is 4.86. The smallest absolute Gasteiger partial charge is 0.337 e. The van der Waals surface area contributed by atoms with Crippen LogP contribution in [0.4, 0.5) is 11.4 Å². The highest BCUT2D eigenvalue weighted by Crippen LogP contribution is 2.26. The van der Waals surface area contributed by atoms with E-state index in [-0.39, 0.29) is 18.9 Å². The van der Waals surface area contributed by atoms with Crippen LogP contribution in [-0.4, -0.2) is 44.0 Å². The molecule has 0 spiro atoms. The van der Waals surface area contributed by atoms with Crippen LogP contribution in [0.2, 0.25) is 5.02 Å². The Morgan fingerprint density at radius 1 is 1.16 bits per heavy atom. The predicted molar refractivity (Wildman–Crippen MR) is 114 cm³/mol. The highest BCUT2D eigenvalue weighted by molar-refractivity contribution is 6.31. The molecule has 0 unspecified atom stereocenters. The minimum atomic E-state index is -0.686. The van der Waals surface area contributed by atoms with E-state index < -0.39 is 30.4 Å². The van der Waals surface area contributed by atoms with Crippen LogP contribution < -0.4 is 10.2 Å². The Morgan fingerprint density at radius 2 is 1.87 bits per heavy atom. The second-order valence-electron chi connectivity index (χ2n) is 7.06. The Bertz CT molecular complexity index is 1020. The molecule has 8 nitrogen and oxygen atoms in total. The van der Waals surface area contributed by atoms with E-state index in [1.807, 2.05) is 6.92 Å². The number of nitrogens with zero attached hydrogens (tertiary/aromatic N) is 1. The van der Waals surface area contributed by atoms with Crippen molar-refractivity contribution in [1.82, 2.24) is 0 Å². The standard InChI is InChI=1S/C22H21ClN2O6/c1-13-3-6-16(10-18(13)23)24-19(26)12-31-22(29)15-9-20(27)25(11-15)17-7-4-14(5-8-17)21(28)30-2/h3-8,10,15H,9,11-12H2,1-2H3,(H,24,26)/t15-/m0/s1. The first-order valence-corrected chi connectivity index (χ1v) is 9.87. The van der Waals surface area contributed by atoms with Crippen molar-refractivity contribution in [3.63, 3.8) is 0 Å². The largest absolute Gasteiger partial charge is 0.465 e. The predicted octanol–water partition coefficient (Wildman–Crippen LogP) is 2.97. The van der Waals surface area contributed by atoms with Gasteiger partial charge in [-0.1, -0.05) is 17.7 Å². The van der Waals surface area contributed by atoms with E-state index >= 15 is 0 Å². The summed E-state index contributed by atoms with van der Waals surface area (Å²) in [5.41, 5.74) is 2.28. The van der Waals surface area contributed by atoms with Crippen molar-refractivity contribution in [2.45, 2.75) is 13.3 Å². The zero-order valence-corrected chi connectivity index (χ0v) is 17.8. The first-order valence-electron chi connectivity index (χ1n) is 9.50. The molecule has 1 heterocycles.